The van der Waals surface area contributed by atoms with Crippen molar-refractivity contribution in [3.05, 3.63) is 46.9 Å². The van der Waals surface area contributed by atoms with Crippen molar-refractivity contribution in [1.82, 2.24) is 14.9 Å². The van der Waals surface area contributed by atoms with Crippen LogP contribution in [0.15, 0.2) is 46.9 Å². The number of H-pyrrole nitrogens is 1. The lowest BCUT2D eigenvalue weighted by atomic mass is 10.1. The van der Waals surface area contributed by atoms with Crippen LogP contribution >= 0.6 is 15.9 Å². The number of halogens is 1. The van der Waals surface area contributed by atoms with Crippen LogP contribution in [0.25, 0.3) is 22.4 Å². The Bertz CT molecular complexity index is 801. The molecule has 5 heteroatoms. The summed E-state index contributed by atoms with van der Waals surface area (Å²) in [5, 5.41) is 0. The highest BCUT2D eigenvalue weighted by Gasteiger charge is 2.19. The number of imidazole rings is 1. The molecule has 0 radical (unpaired) electrons. The second-order valence-corrected chi connectivity index (χ2v) is 6.97. The Morgan fingerprint density at radius 2 is 1.83 bits per heavy atom. The van der Waals surface area contributed by atoms with Crippen LogP contribution in [0.4, 0.5) is 5.69 Å². The molecule has 0 bridgehead atoms. The number of para-hydroxylation sites is 2. The molecule has 2 heterocycles. The predicted molar refractivity (Wildman–Crippen MR) is 98.9 cm³/mol. The fourth-order valence-electron chi connectivity index (χ4n) is 3.09. The van der Waals surface area contributed by atoms with Crippen molar-refractivity contribution in [3.8, 4) is 11.4 Å². The normalized spacial score (nSPS) is 16.2. The van der Waals surface area contributed by atoms with Gasteiger partial charge in [0.15, 0.2) is 0 Å². The number of nitrogens with zero attached hydrogens (tertiary/aromatic N) is 3. The second-order valence-electron chi connectivity index (χ2n) is 6.05. The van der Waals surface area contributed by atoms with Crippen molar-refractivity contribution < 1.29 is 0 Å². The van der Waals surface area contributed by atoms with Crippen molar-refractivity contribution in [2.45, 2.75) is 0 Å². The molecule has 23 heavy (non-hydrogen) atoms. The Labute approximate surface area is 144 Å². The average Bonchev–Trinajstić information content (AvgIpc) is 2.99. The molecule has 3 aromatic rings. The number of likely N-dealkylation sites (N-methyl/N-ethyl adjacent to an activating group) is 1. The standard InChI is InChI=1S/C18H19BrN4/c1-22-8-10-23(11-9-22)17-12-13(19)6-7-14(17)18-20-15-4-2-3-5-16(15)21-18/h2-7,12H,8-11H2,1H3,(H,20,21). The van der Waals surface area contributed by atoms with Gasteiger partial charge in [0.25, 0.3) is 0 Å². The number of benzene rings is 2. The molecule has 1 aliphatic heterocycles. The number of aromatic nitrogens is 2. The van der Waals surface area contributed by atoms with Crippen LogP contribution in [0.2, 0.25) is 0 Å². The van der Waals surface area contributed by atoms with E-state index in [2.05, 4.69) is 62.0 Å². The quantitative estimate of drug-likeness (QED) is 0.745. The van der Waals surface area contributed by atoms with Gasteiger partial charge in [0.05, 0.1) is 11.0 Å². The largest absolute Gasteiger partial charge is 0.368 e. The number of aromatic amines is 1. The van der Waals surface area contributed by atoms with E-state index in [4.69, 9.17) is 4.98 Å². The van der Waals surface area contributed by atoms with Crippen LogP contribution in [-0.2, 0) is 0 Å². The number of anilines is 1. The molecular weight excluding hydrogens is 352 g/mol. The van der Waals surface area contributed by atoms with Crippen LogP contribution in [0.3, 0.4) is 0 Å². The van der Waals surface area contributed by atoms with E-state index in [1.165, 1.54) is 5.69 Å². The molecule has 0 spiro atoms. The second kappa shape index (κ2) is 5.98. The summed E-state index contributed by atoms with van der Waals surface area (Å²) >= 11 is 3.61. The minimum Gasteiger partial charge on any atom is -0.368 e. The minimum absolute atomic E-state index is 0.938. The van der Waals surface area contributed by atoms with Gasteiger partial charge in [-0.05, 0) is 37.4 Å². The Morgan fingerprint density at radius 3 is 2.61 bits per heavy atom. The van der Waals surface area contributed by atoms with E-state index >= 15 is 0 Å². The first kappa shape index (κ1) is 14.7. The maximum Gasteiger partial charge on any atom is 0.140 e. The summed E-state index contributed by atoms with van der Waals surface area (Å²) in [5.74, 6) is 0.938. The SMILES string of the molecule is CN1CCN(c2cc(Br)ccc2-c2nc3ccccc3[nH]2)CC1. The predicted octanol–water partition coefficient (Wildman–Crippen LogP) is 3.74. The van der Waals surface area contributed by atoms with Crippen molar-refractivity contribution in [1.29, 1.82) is 0 Å². The molecule has 2 aromatic carbocycles. The lowest BCUT2D eigenvalue weighted by Gasteiger charge is -2.35. The van der Waals surface area contributed by atoms with E-state index < -0.39 is 0 Å². The molecular formula is C18H19BrN4. The molecule has 4 nitrogen and oxygen atoms in total. The van der Waals surface area contributed by atoms with Crippen LogP contribution in [0.1, 0.15) is 0 Å². The fraction of sp³-hybridized carbons (Fsp3) is 0.278. The summed E-state index contributed by atoms with van der Waals surface area (Å²) < 4.78 is 1.10. The molecule has 1 fully saturated rings. The van der Waals surface area contributed by atoms with Gasteiger partial charge in [-0.2, -0.15) is 0 Å². The lowest BCUT2D eigenvalue weighted by Crippen LogP contribution is -2.44. The number of rotatable bonds is 2. The maximum absolute atomic E-state index is 4.78. The Hall–Kier alpha value is -1.85. The highest BCUT2D eigenvalue weighted by atomic mass is 79.9. The van der Waals surface area contributed by atoms with Gasteiger partial charge in [-0.1, -0.05) is 28.1 Å². The molecule has 0 saturated carbocycles. The minimum atomic E-state index is 0.938. The van der Waals surface area contributed by atoms with Crippen molar-refractivity contribution in [2.75, 3.05) is 38.1 Å². The number of piperazine rings is 1. The summed E-state index contributed by atoms with van der Waals surface area (Å²) in [6, 6.07) is 14.6. The van der Waals surface area contributed by atoms with Gasteiger partial charge in [-0.25, -0.2) is 4.98 Å². The molecule has 1 aliphatic rings. The number of nitrogens with one attached hydrogen (secondary N) is 1. The van der Waals surface area contributed by atoms with E-state index in [-0.39, 0.29) is 0 Å². The molecule has 4 rings (SSSR count). The highest BCUT2D eigenvalue weighted by Crippen LogP contribution is 2.33. The molecule has 0 atom stereocenters. The summed E-state index contributed by atoms with van der Waals surface area (Å²) in [7, 11) is 2.18. The van der Waals surface area contributed by atoms with E-state index in [0.29, 0.717) is 0 Å². The number of fused-ring (bicyclic) bond motifs is 1. The summed E-state index contributed by atoms with van der Waals surface area (Å²) in [6.07, 6.45) is 0. The summed E-state index contributed by atoms with van der Waals surface area (Å²) in [5.41, 5.74) is 4.49. The van der Waals surface area contributed by atoms with Crippen LogP contribution < -0.4 is 4.90 Å². The molecule has 1 saturated heterocycles. The van der Waals surface area contributed by atoms with Gasteiger partial charge in [0.1, 0.15) is 5.82 Å². The van der Waals surface area contributed by atoms with E-state index in [9.17, 15) is 0 Å². The molecule has 0 unspecified atom stereocenters. The zero-order valence-electron chi connectivity index (χ0n) is 13.1. The first-order chi connectivity index (χ1) is 11.2. The van der Waals surface area contributed by atoms with Gasteiger partial charge < -0.3 is 14.8 Å². The maximum atomic E-state index is 4.78. The molecule has 118 valence electrons. The molecule has 0 aliphatic carbocycles. The Balaban J connectivity index is 1.78. The summed E-state index contributed by atoms with van der Waals surface area (Å²) in [6.45, 7) is 4.26. The third-order valence-corrected chi connectivity index (χ3v) is 4.94. The monoisotopic (exact) mass is 370 g/mol. The van der Waals surface area contributed by atoms with Crippen molar-refractivity contribution in [3.63, 3.8) is 0 Å². The zero-order valence-corrected chi connectivity index (χ0v) is 14.7. The molecule has 0 amide bonds. The van der Waals surface area contributed by atoms with Crippen LogP contribution in [-0.4, -0.2) is 48.1 Å². The van der Waals surface area contributed by atoms with Gasteiger partial charge in [-0.15, -0.1) is 0 Å². The summed E-state index contributed by atoms with van der Waals surface area (Å²) in [4.78, 5) is 13.1. The average molecular weight is 371 g/mol. The van der Waals surface area contributed by atoms with E-state index in [0.717, 1.165) is 53.1 Å². The first-order valence-corrected chi connectivity index (χ1v) is 8.68. The number of hydrogen-bond acceptors (Lipinski definition) is 3. The zero-order chi connectivity index (χ0) is 15.8. The van der Waals surface area contributed by atoms with Gasteiger partial charge in [0.2, 0.25) is 0 Å². The number of hydrogen-bond donors (Lipinski definition) is 1. The van der Waals surface area contributed by atoms with Crippen molar-refractivity contribution in [2.24, 2.45) is 0 Å². The van der Waals surface area contributed by atoms with E-state index in [1.54, 1.807) is 0 Å². The topological polar surface area (TPSA) is 35.2 Å². The van der Waals surface area contributed by atoms with Crippen LogP contribution in [0, 0.1) is 0 Å². The third-order valence-electron chi connectivity index (χ3n) is 4.45. The molecule has 1 aromatic heterocycles. The smallest absolute Gasteiger partial charge is 0.140 e. The Morgan fingerprint density at radius 1 is 1.04 bits per heavy atom. The van der Waals surface area contributed by atoms with Gasteiger partial charge >= 0.3 is 0 Å². The lowest BCUT2D eigenvalue weighted by molar-refractivity contribution is 0.313. The van der Waals surface area contributed by atoms with Gasteiger partial charge in [-0.3, -0.25) is 0 Å². The first-order valence-electron chi connectivity index (χ1n) is 7.89. The van der Waals surface area contributed by atoms with Crippen molar-refractivity contribution >= 4 is 32.7 Å². The Kier molecular flexibility index (Phi) is 3.83. The third kappa shape index (κ3) is 2.86. The van der Waals surface area contributed by atoms with E-state index in [1.807, 2.05) is 18.2 Å². The fourth-order valence-corrected chi connectivity index (χ4v) is 3.44. The van der Waals surface area contributed by atoms with Crippen LogP contribution in [0.5, 0.6) is 0 Å². The highest BCUT2D eigenvalue weighted by molar-refractivity contribution is 9.10. The molecule has 1 N–H and O–H groups in total. The van der Waals surface area contributed by atoms with Gasteiger partial charge in [0, 0.05) is 41.9 Å².